The number of alkyl halides is 3. The number of halogens is 4. The molecule has 0 fully saturated rings. The van der Waals surface area contributed by atoms with Crippen LogP contribution >= 0.6 is 15.9 Å². The van der Waals surface area contributed by atoms with Gasteiger partial charge in [-0.15, -0.1) is 0 Å². The van der Waals surface area contributed by atoms with Crippen LogP contribution in [0.2, 0.25) is 0 Å². The fourth-order valence-electron chi connectivity index (χ4n) is 2.16. The van der Waals surface area contributed by atoms with Crippen molar-refractivity contribution in [3.63, 3.8) is 0 Å². The first kappa shape index (κ1) is 17.9. The van der Waals surface area contributed by atoms with E-state index >= 15 is 0 Å². The van der Waals surface area contributed by atoms with E-state index in [-0.39, 0.29) is 22.0 Å². The molecule has 124 valence electrons. The van der Waals surface area contributed by atoms with Crippen molar-refractivity contribution in [2.75, 3.05) is 0 Å². The molecule has 1 aromatic carbocycles. The lowest BCUT2D eigenvalue weighted by molar-refractivity contribution is -0.138. The van der Waals surface area contributed by atoms with Gasteiger partial charge in [-0.25, -0.2) is 4.79 Å². The van der Waals surface area contributed by atoms with E-state index in [0.29, 0.717) is 17.5 Å². The highest BCUT2D eigenvalue weighted by Gasteiger charge is 2.33. The Kier molecular flexibility index (Phi) is 5.24. The molecule has 0 aliphatic rings. The van der Waals surface area contributed by atoms with Crippen LogP contribution < -0.4 is 0 Å². The van der Waals surface area contributed by atoms with Crippen LogP contribution in [0.1, 0.15) is 32.6 Å². The average molecular weight is 399 g/mol. The number of carboxylic acids is 1. The van der Waals surface area contributed by atoms with Gasteiger partial charge in [0, 0.05) is 16.9 Å². The minimum absolute atomic E-state index is 0.0293. The molecule has 2 rings (SSSR count). The van der Waals surface area contributed by atoms with Gasteiger partial charge < -0.3 is 5.11 Å². The second kappa shape index (κ2) is 7.01. The minimum Gasteiger partial charge on any atom is -0.478 e. The summed E-state index contributed by atoms with van der Waals surface area (Å²) in [5, 5.41) is 18.0. The average Bonchev–Trinajstić information content (AvgIpc) is 2.52. The van der Waals surface area contributed by atoms with Gasteiger partial charge in [-0.1, -0.05) is 15.9 Å². The first-order chi connectivity index (χ1) is 11.2. The van der Waals surface area contributed by atoms with Crippen molar-refractivity contribution in [2.45, 2.75) is 19.0 Å². The van der Waals surface area contributed by atoms with Gasteiger partial charge in [0.2, 0.25) is 0 Å². The maximum Gasteiger partial charge on any atom is 0.417 e. The van der Waals surface area contributed by atoms with Crippen molar-refractivity contribution in [3.8, 4) is 6.07 Å². The number of pyridine rings is 1. The second-order valence-corrected chi connectivity index (χ2v) is 5.84. The fraction of sp³-hybridized carbons (Fsp3) is 0.188. The Morgan fingerprint density at radius 3 is 2.54 bits per heavy atom. The van der Waals surface area contributed by atoms with Gasteiger partial charge in [-0.2, -0.15) is 18.4 Å². The number of carbonyl (C=O) groups is 1. The van der Waals surface area contributed by atoms with Gasteiger partial charge in [0.05, 0.1) is 22.8 Å². The number of hydrogen-bond donors (Lipinski definition) is 1. The molecule has 4 nitrogen and oxygen atoms in total. The lowest BCUT2D eigenvalue weighted by atomic mass is 9.98. The molecule has 0 aliphatic heterocycles. The fourth-order valence-corrected chi connectivity index (χ4v) is 2.78. The van der Waals surface area contributed by atoms with E-state index in [4.69, 9.17) is 10.4 Å². The summed E-state index contributed by atoms with van der Waals surface area (Å²) in [6.07, 6.45) is -1.23. The maximum absolute atomic E-state index is 12.9. The third-order valence-corrected chi connectivity index (χ3v) is 4.00. The van der Waals surface area contributed by atoms with Gasteiger partial charge in [-0.05, 0) is 42.2 Å². The smallest absolute Gasteiger partial charge is 0.417 e. The van der Waals surface area contributed by atoms with Crippen LogP contribution in [-0.2, 0) is 19.0 Å². The highest BCUT2D eigenvalue weighted by molar-refractivity contribution is 9.10. The van der Waals surface area contributed by atoms with E-state index in [1.54, 1.807) is 6.07 Å². The molecule has 0 atom stereocenters. The van der Waals surface area contributed by atoms with Gasteiger partial charge in [0.15, 0.2) is 0 Å². The Hall–Kier alpha value is -2.40. The van der Waals surface area contributed by atoms with Crippen LogP contribution in [0.15, 0.2) is 35.1 Å². The first-order valence-electron chi connectivity index (χ1n) is 6.69. The summed E-state index contributed by atoms with van der Waals surface area (Å²) < 4.78 is 38.5. The third-order valence-electron chi connectivity index (χ3n) is 3.34. The van der Waals surface area contributed by atoms with Crippen LogP contribution in [0.4, 0.5) is 13.2 Å². The summed E-state index contributed by atoms with van der Waals surface area (Å²) in [4.78, 5) is 14.7. The summed E-state index contributed by atoms with van der Waals surface area (Å²) in [5.41, 5.74) is 0.125. The van der Waals surface area contributed by atoms with Crippen molar-refractivity contribution in [2.24, 2.45) is 0 Å². The van der Waals surface area contributed by atoms with E-state index < -0.39 is 17.7 Å². The monoisotopic (exact) mass is 398 g/mol. The molecule has 24 heavy (non-hydrogen) atoms. The predicted molar refractivity (Wildman–Crippen MR) is 82.5 cm³/mol. The molecule has 0 saturated carbocycles. The predicted octanol–water partition coefficient (Wildman–Crippen LogP) is 4.22. The summed E-state index contributed by atoms with van der Waals surface area (Å²) in [7, 11) is 0. The van der Waals surface area contributed by atoms with Crippen LogP contribution in [0.5, 0.6) is 0 Å². The number of rotatable bonds is 4. The molecule has 1 heterocycles. The topological polar surface area (TPSA) is 74.0 Å². The van der Waals surface area contributed by atoms with Crippen molar-refractivity contribution in [3.05, 3.63) is 62.9 Å². The Labute approximate surface area is 143 Å². The zero-order valence-corrected chi connectivity index (χ0v) is 13.6. The second-order valence-electron chi connectivity index (χ2n) is 4.99. The van der Waals surface area contributed by atoms with Crippen LogP contribution in [0.25, 0.3) is 0 Å². The van der Waals surface area contributed by atoms with Crippen molar-refractivity contribution in [1.29, 1.82) is 5.26 Å². The number of aryl methyl sites for hydroxylation is 2. The summed E-state index contributed by atoms with van der Waals surface area (Å²) in [6.45, 7) is 0. The SMILES string of the molecule is N#Cc1cc(C(F)(F)F)c(Br)cc1CCc1cncc(C(=O)O)c1. The van der Waals surface area contributed by atoms with E-state index in [1.807, 2.05) is 0 Å². The van der Waals surface area contributed by atoms with Gasteiger partial charge >= 0.3 is 12.1 Å². The van der Waals surface area contributed by atoms with Gasteiger partial charge in [0.1, 0.15) is 0 Å². The molecular weight excluding hydrogens is 389 g/mol. The molecule has 1 N–H and O–H groups in total. The lowest BCUT2D eigenvalue weighted by Crippen LogP contribution is -2.08. The standard InChI is InChI=1S/C16H10BrF3N2O2/c17-14-5-10(11(6-21)4-13(14)16(18,19)20)2-1-9-3-12(15(23)24)8-22-7-9/h3-5,7-8H,1-2H2,(H,23,24). The Bertz CT molecular complexity index is 829. The number of carboxylic acid groups (broad SMARTS) is 1. The molecule has 0 unspecified atom stereocenters. The van der Waals surface area contributed by atoms with Gasteiger partial charge in [-0.3, -0.25) is 4.98 Å². The molecule has 0 aliphatic carbocycles. The van der Waals surface area contributed by atoms with Crippen LogP contribution in [0.3, 0.4) is 0 Å². The number of hydrogen-bond acceptors (Lipinski definition) is 3. The molecule has 0 saturated heterocycles. The van der Waals surface area contributed by atoms with Crippen LogP contribution in [0, 0.1) is 11.3 Å². The summed E-state index contributed by atoms with van der Waals surface area (Å²) >= 11 is 2.88. The molecule has 0 amide bonds. The van der Waals surface area contributed by atoms with Crippen molar-refractivity contribution >= 4 is 21.9 Å². The molecule has 0 radical (unpaired) electrons. The zero-order chi connectivity index (χ0) is 17.9. The Morgan fingerprint density at radius 1 is 1.25 bits per heavy atom. The molecular formula is C16H10BrF3N2O2. The minimum atomic E-state index is -4.55. The maximum atomic E-state index is 12.9. The number of nitriles is 1. The number of aromatic nitrogens is 1. The van der Waals surface area contributed by atoms with Crippen molar-refractivity contribution < 1.29 is 23.1 Å². The highest BCUT2D eigenvalue weighted by atomic mass is 79.9. The summed E-state index contributed by atoms with van der Waals surface area (Å²) in [5.74, 6) is -1.11. The van der Waals surface area contributed by atoms with Crippen LogP contribution in [-0.4, -0.2) is 16.1 Å². The van der Waals surface area contributed by atoms with E-state index in [2.05, 4.69) is 20.9 Å². The Morgan fingerprint density at radius 2 is 1.96 bits per heavy atom. The lowest BCUT2D eigenvalue weighted by Gasteiger charge is -2.12. The number of benzene rings is 1. The van der Waals surface area contributed by atoms with Gasteiger partial charge in [0.25, 0.3) is 0 Å². The third kappa shape index (κ3) is 4.11. The van der Waals surface area contributed by atoms with E-state index in [0.717, 1.165) is 6.07 Å². The molecule has 2 aromatic rings. The molecule has 0 bridgehead atoms. The normalized spacial score (nSPS) is 11.1. The zero-order valence-electron chi connectivity index (χ0n) is 12.1. The highest BCUT2D eigenvalue weighted by Crippen LogP contribution is 2.36. The molecule has 1 aromatic heterocycles. The molecule has 8 heteroatoms. The largest absolute Gasteiger partial charge is 0.478 e. The van der Waals surface area contributed by atoms with E-state index in [9.17, 15) is 18.0 Å². The van der Waals surface area contributed by atoms with Crippen molar-refractivity contribution in [1.82, 2.24) is 4.98 Å². The number of nitrogens with zero attached hydrogens (tertiary/aromatic N) is 2. The molecule has 0 spiro atoms. The summed E-state index contributed by atoms with van der Waals surface area (Å²) in [6, 6.07) is 5.30. The first-order valence-corrected chi connectivity index (χ1v) is 7.48. The quantitative estimate of drug-likeness (QED) is 0.836. The van der Waals surface area contributed by atoms with E-state index in [1.165, 1.54) is 24.5 Å². The number of aromatic carboxylic acids is 1. The Balaban J connectivity index is 2.27.